The highest BCUT2D eigenvalue weighted by molar-refractivity contribution is 5.93. The number of benzene rings is 1. The SMILES string of the molecule is Cl.NC(CCCCCC(=O)c1ccon1)c1ncc(-c2ccccc2F)o1. The lowest BCUT2D eigenvalue weighted by Crippen LogP contribution is -2.10. The van der Waals surface area contributed by atoms with Gasteiger partial charge in [-0.05, 0) is 25.0 Å². The van der Waals surface area contributed by atoms with E-state index in [4.69, 9.17) is 10.2 Å². The number of nitrogens with zero attached hydrogens (tertiary/aromatic N) is 2. The molecule has 1 unspecified atom stereocenters. The van der Waals surface area contributed by atoms with Crippen molar-refractivity contribution in [2.45, 2.75) is 38.1 Å². The maximum Gasteiger partial charge on any atom is 0.211 e. The van der Waals surface area contributed by atoms with Crippen LogP contribution in [0.4, 0.5) is 4.39 Å². The zero-order valence-corrected chi connectivity index (χ0v) is 15.5. The van der Waals surface area contributed by atoms with Gasteiger partial charge in [-0.15, -0.1) is 12.4 Å². The quantitative estimate of drug-likeness (QED) is 0.417. The summed E-state index contributed by atoms with van der Waals surface area (Å²) in [6.45, 7) is 0. The third-order valence-corrected chi connectivity index (χ3v) is 4.12. The lowest BCUT2D eigenvalue weighted by atomic mass is 10.1. The molecule has 1 aromatic carbocycles. The minimum atomic E-state index is -0.361. The second kappa shape index (κ2) is 9.99. The third-order valence-electron chi connectivity index (χ3n) is 4.12. The van der Waals surface area contributed by atoms with E-state index in [0.29, 0.717) is 35.7 Å². The molecule has 144 valence electrons. The molecule has 3 aromatic rings. The van der Waals surface area contributed by atoms with Crippen molar-refractivity contribution in [2.24, 2.45) is 5.73 Å². The van der Waals surface area contributed by atoms with Crippen molar-refractivity contribution in [2.75, 3.05) is 0 Å². The molecule has 0 saturated carbocycles. The Labute approximate surface area is 162 Å². The first kappa shape index (κ1) is 20.8. The molecule has 0 bridgehead atoms. The molecule has 8 heteroatoms. The van der Waals surface area contributed by atoms with Crippen LogP contribution in [0.25, 0.3) is 11.3 Å². The van der Waals surface area contributed by atoms with Crippen LogP contribution in [0.3, 0.4) is 0 Å². The summed E-state index contributed by atoms with van der Waals surface area (Å²) in [4.78, 5) is 15.9. The van der Waals surface area contributed by atoms with E-state index >= 15 is 0 Å². The molecule has 2 heterocycles. The van der Waals surface area contributed by atoms with Gasteiger partial charge in [-0.25, -0.2) is 9.37 Å². The zero-order valence-electron chi connectivity index (χ0n) is 14.6. The molecule has 0 saturated heterocycles. The van der Waals surface area contributed by atoms with Crippen molar-refractivity contribution in [1.82, 2.24) is 10.1 Å². The maximum absolute atomic E-state index is 13.8. The van der Waals surface area contributed by atoms with Gasteiger partial charge >= 0.3 is 0 Å². The molecule has 0 aliphatic rings. The van der Waals surface area contributed by atoms with Crippen molar-refractivity contribution in [3.05, 3.63) is 60.2 Å². The van der Waals surface area contributed by atoms with E-state index in [1.165, 1.54) is 18.5 Å². The van der Waals surface area contributed by atoms with E-state index in [1.54, 1.807) is 24.3 Å². The fraction of sp³-hybridized carbons (Fsp3) is 0.316. The molecule has 3 rings (SSSR count). The number of halogens is 2. The summed E-state index contributed by atoms with van der Waals surface area (Å²) in [6.07, 6.45) is 6.43. The van der Waals surface area contributed by atoms with Crippen LogP contribution < -0.4 is 5.73 Å². The van der Waals surface area contributed by atoms with Crippen LogP contribution in [0.15, 0.2) is 51.7 Å². The Morgan fingerprint density at radius 3 is 2.74 bits per heavy atom. The number of ketones is 1. The van der Waals surface area contributed by atoms with Crippen molar-refractivity contribution in [3.63, 3.8) is 0 Å². The molecule has 0 aliphatic carbocycles. The van der Waals surface area contributed by atoms with Gasteiger partial charge in [0.15, 0.2) is 11.5 Å². The standard InChI is InChI=1S/C19H20FN3O3.ClH/c20-14-7-5-4-6-13(14)18-12-22-19(26-18)15(21)8-2-1-3-9-17(24)16-10-11-25-23-16;/h4-7,10-12,15H,1-3,8-9,21H2;1H. The Balaban J connectivity index is 0.00000261. The van der Waals surface area contributed by atoms with E-state index in [9.17, 15) is 9.18 Å². The molecule has 2 aromatic heterocycles. The number of Topliss-reactive ketones (excluding diaryl/α,β-unsaturated/α-hetero) is 1. The number of carbonyl (C=O) groups excluding carboxylic acids is 1. The summed E-state index contributed by atoms with van der Waals surface area (Å²) in [5.74, 6) is 0.375. The van der Waals surface area contributed by atoms with Crippen molar-refractivity contribution in [3.8, 4) is 11.3 Å². The van der Waals surface area contributed by atoms with E-state index in [-0.39, 0.29) is 30.0 Å². The highest BCUT2D eigenvalue weighted by Crippen LogP contribution is 2.26. The first-order valence-electron chi connectivity index (χ1n) is 8.55. The summed E-state index contributed by atoms with van der Waals surface area (Å²) >= 11 is 0. The molecular formula is C19H21ClFN3O3. The Morgan fingerprint density at radius 2 is 2.00 bits per heavy atom. The van der Waals surface area contributed by atoms with Gasteiger partial charge in [0.25, 0.3) is 0 Å². The highest BCUT2D eigenvalue weighted by atomic mass is 35.5. The molecule has 0 aliphatic heterocycles. The first-order valence-corrected chi connectivity index (χ1v) is 8.55. The Kier molecular flexibility index (Phi) is 7.69. The highest BCUT2D eigenvalue weighted by Gasteiger charge is 2.16. The van der Waals surface area contributed by atoms with Crippen LogP contribution in [0.2, 0.25) is 0 Å². The van der Waals surface area contributed by atoms with Crippen molar-refractivity contribution >= 4 is 18.2 Å². The average molecular weight is 394 g/mol. The number of rotatable bonds is 9. The molecule has 0 spiro atoms. The summed E-state index contributed by atoms with van der Waals surface area (Å²) in [5.41, 5.74) is 6.83. The summed E-state index contributed by atoms with van der Waals surface area (Å²) in [5, 5.41) is 3.62. The number of hydrogen-bond donors (Lipinski definition) is 1. The average Bonchev–Trinajstić information content (AvgIpc) is 3.33. The molecule has 27 heavy (non-hydrogen) atoms. The predicted molar refractivity (Wildman–Crippen MR) is 100.0 cm³/mol. The third kappa shape index (κ3) is 5.48. The number of aromatic nitrogens is 2. The number of carbonyl (C=O) groups is 1. The lowest BCUT2D eigenvalue weighted by molar-refractivity contribution is 0.0970. The van der Waals surface area contributed by atoms with Gasteiger partial charge in [-0.3, -0.25) is 4.79 Å². The Morgan fingerprint density at radius 1 is 1.19 bits per heavy atom. The van der Waals surface area contributed by atoms with Crippen LogP contribution >= 0.6 is 12.4 Å². The van der Waals surface area contributed by atoms with Gasteiger partial charge in [0.1, 0.15) is 17.8 Å². The summed E-state index contributed by atoms with van der Waals surface area (Å²) in [7, 11) is 0. The smallest absolute Gasteiger partial charge is 0.211 e. The largest absolute Gasteiger partial charge is 0.439 e. The lowest BCUT2D eigenvalue weighted by Gasteiger charge is -2.07. The monoisotopic (exact) mass is 393 g/mol. The maximum atomic E-state index is 13.8. The number of oxazole rings is 1. The van der Waals surface area contributed by atoms with Gasteiger partial charge < -0.3 is 14.7 Å². The summed E-state index contributed by atoms with van der Waals surface area (Å²) < 4.78 is 24.0. The van der Waals surface area contributed by atoms with Crippen LogP contribution in [0.5, 0.6) is 0 Å². The van der Waals surface area contributed by atoms with Crippen molar-refractivity contribution in [1.29, 1.82) is 0 Å². The minimum Gasteiger partial charge on any atom is -0.439 e. The summed E-state index contributed by atoms with van der Waals surface area (Å²) in [6, 6.07) is 7.57. The normalized spacial score (nSPS) is 11.8. The number of unbranched alkanes of at least 4 members (excludes halogenated alkanes) is 2. The number of hydrogen-bond acceptors (Lipinski definition) is 6. The van der Waals surface area contributed by atoms with Gasteiger partial charge in [0.2, 0.25) is 5.89 Å². The van der Waals surface area contributed by atoms with Crippen LogP contribution in [-0.4, -0.2) is 15.9 Å². The van der Waals surface area contributed by atoms with Gasteiger partial charge in [-0.2, -0.15) is 0 Å². The minimum absolute atomic E-state index is 0. The van der Waals surface area contributed by atoms with E-state index < -0.39 is 0 Å². The van der Waals surface area contributed by atoms with Crippen LogP contribution in [0.1, 0.15) is 54.5 Å². The fourth-order valence-corrected chi connectivity index (χ4v) is 2.68. The van der Waals surface area contributed by atoms with Gasteiger partial charge in [0, 0.05) is 12.5 Å². The van der Waals surface area contributed by atoms with Gasteiger partial charge in [0.05, 0.1) is 17.8 Å². The van der Waals surface area contributed by atoms with Gasteiger partial charge in [-0.1, -0.05) is 30.1 Å². The topological polar surface area (TPSA) is 95.2 Å². The van der Waals surface area contributed by atoms with Crippen molar-refractivity contribution < 1.29 is 18.1 Å². The van der Waals surface area contributed by atoms with E-state index in [2.05, 4.69) is 14.7 Å². The molecular weight excluding hydrogens is 373 g/mol. The zero-order chi connectivity index (χ0) is 18.4. The first-order chi connectivity index (χ1) is 12.6. The van der Waals surface area contributed by atoms with E-state index in [1.807, 2.05) is 0 Å². The van der Waals surface area contributed by atoms with E-state index in [0.717, 1.165) is 19.3 Å². The molecule has 1 atom stereocenters. The second-order valence-electron chi connectivity index (χ2n) is 6.06. The molecule has 0 fully saturated rings. The van der Waals surface area contributed by atoms with Crippen LogP contribution in [0, 0.1) is 5.82 Å². The molecule has 6 nitrogen and oxygen atoms in total. The Bertz CT molecular complexity index is 852. The Hall–Kier alpha value is -2.51. The fourth-order valence-electron chi connectivity index (χ4n) is 2.68. The molecule has 0 radical (unpaired) electrons. The predicted octanol–water partition coefficient (Wildman–Crippen LogP) is 4.72. The molecule has 2 N–H and O–H groups in total. The molecule has 0 amide bonds. The second-order valence-corrected chi connectivity index (χ2v) is 6.06. The number of nitrogens with two attached hydrogens (primary N) is 1. The van der Waals surface area contributed by atoms with Crippen LogP contribution in [-0.2, 0) is 0 Å².